The van der Waals surface area contributed by atoms with Crippen LogP contribution in [0.3, 0.4) is 0 Å². The van der Waals surface area contributed by atoms with E-state index in [0.29, 0.717) is 6.04 Å². The maximum absolute atomic E-state index is 3.46. The molecule has 0 radical (unpaired) electrons. The van der Waals surface area contributed by atoms with Crippen molar-refractivity contribution < 1.29 is 0 Å². The highest BCUT2D eigenvalue weighted by Gasteiger charge is 2.13. The van der Waals surface area contributed by atoms with Crippen molar-refractivity contribution in [3.63, 3.8) is 0 Å². The monoisotopic (exact) mass is 262 g/mol. The van der Waals surface area contributed by atoms with E-state index in [0.717, 1.165) is 13.0 Å². The molecular formula is C17H30N2. The van der Waals surface area contributed by atoms with Gasteiger partial charge in [-0.05, 0) is 50.5 Å². The number of rotatable bonds is 9. The van der Waals surface area contributed by atoms with Gasteiger partial charge in [-0.1, -0.05) is 45.0 Å². The number of benzene rings is 1. The van der Waals surface area contributed by atoms with Gasteiger partial charge in [0.15, 0.2) is 0 Å². The van der Waals surface area contributed by atoms with Crippen LogP contribution in [-0.2, 0) is 6.42 Å². The molecule has 1 N–H and O–H groups in total. The van der Waals surface area contributed by atoms with Gasteiger partial charge in [-0.3, -0.25) is 0 Å². The normalized spacial score (nSPS) is 12.9. The summed E-state index contributed by atoms with van der Waals surface area (Å²) in [4.78, 5) is 2.56. The Kier molecular flexibility index (Phi) is 7.76. The SMILES string of the molecule is CCCN(CCC)CC(NC)c1ccc(CC)cc1. The molecule has 108 valence electrons. The molecule has 0 aliphatic heterocycles. The maximum Gasteiger partial charge on any atom is 0.0446 e. The Bertz CT molecular complexity index is 326. The molecule has 2 heteroatoms. The summed E-state index contributed by atoms with van der Waals surface area (Å²) in [7, 11) is 2.06. The van der Waals surface area contributed by atoms with Gasteiger partial charge in [0, 0.05) is 12.6 Å². The van der Waals surface area contributed by atoms with Crippen LogP contribution in [0.2, 0.25) is 0 Å². The van der Waals surface area contributed by atoms with Crippen molar-refractivity contribution in [2.24, 2.45) is 0 Å². The number of hydrogen-bond donors (Lipinski definition) is 1. The molecule has 0 aromatic heterocycles. The van der Waals surface area contributed by atoms with Crippen molar-refractivity contribution in [1.82, 2.24) is 10.2 Å². The number of aryl methyl sites for hydroxylation is 1. The van der Waals surface area contributed by atoms with Crippen LogP contribution in [0.15, 0.2) is 24.3 Å². The van der Waals surface area contributed by atoms with Gasteiger partial charge < -0.3 is 10.2 Å². The van der Waals surface area contributed by atoms with Crippen LogP contribution in [0.1, 0.15) is 50.8 Å². The Morgan fingerprint density at radius 3 is 2.00 bits per heavy atom. The van der Waals surface area contributed by atoms with Gasteiger partial charge in [0.25, 0.3) is 0 Å². The molecule has 1 aromatic rings. The van der Waals surface area contributed by atoms with E-state index in [1.165, 1.54) is 37.1 Å². The number of hydrogen-bond acceptors (Lipinski definition) is 2. The van der Waals surface area contributed by atoms with Crippen molar-refractivity contribution in [1.29, 1.82) is 0 Å². The molecule has 0 fully saturated rings. The Labute approximate surface area is 119 Å². The van der Waals surface area contributed by atoms with Gasteiger partial charge in [0.05, 0.1) is 0 Å². The van der Waals surface area contributed by atoms with Crippen molar-refractivity contribution >= 4 is 0 Å². The van der Waals surface area contributed by atoms with E-state index < -0.39 is 0 Å². The first kappa shape index (κ1) is 16.2. The first-order chi connectivity index (χ1) is 9.24. The molecule has 0 aliphatic carbocycles. The summed E-state index contributed by atoms with van der Waals surface area (Å²) in [6.07, 6.45) is 3.57. The van der Waals surface area contributed by atoms with Gasteiger partial charge in [0.2, 0.25) is 0 Å². The summed E-state index contributed by atoms with van der Waals surface area (Å²) in [5, 5.41) is 3.46. The number of likely N-dealkylation sites (N-methyl/N-ethyl adjacent to an activating group) is 1. The molecule has 0 bridgehead atoms. The minimum Gasteiger partial charge on any atom is -0.312 e. The summed E-state index contributed by atoms with van der Waals surface area (Å²) in [5.41, 5.74) is 2.81. The van der Waals surface area contributed by atoms with E-state index in [-0.39, 0.29) is 0 Å². The largest absolute Gasteiger partial charge is 0.312 e. The minimum absolute atomic E-state index is 0.434. The predicted molar refractivity (Wildman–Crippen MR) is 84.6 cm³/mol. The molecule has 0 aliphatic rings. The lowest BCUT2D eigenvalue weighted by molar-refractivity contribution is 0.247. The Morgan fingerprint density at radius 2 is 1.58 bits per heavy atom. The molecule has 19 heavy (non-hydrogen) atoms. The third-order valence-electron chi connectivity index (χ3n) is 3.66. The highest BCUT2D eigenvalue weighted by molar-refractivity contribution is 5.25. The highest BCUT2D eigenvalue weighted by atomic mass is 15.1. The molecule has 0 amide bonds. The molecule has 1 unspecified atom stereocenters. The Hall–Kier alpha value is -0.860. The summed E-state index contributed by atoms with van der Waals surface area (Å²) in [6, 6.07) is 9.49. The number of nitrogens with one attached hydrogen (secondary N) is 1. The summed E-state index contributed by atoms with van der Waals surface area (Å²) >= 11 is 0. The fraction of sp³-hybridized carbons (Fsp3) is 0.647. The molecule has 0 heterocycles. The first-order valence-corrected chi connectivity index (χ1v) is 7.73. The molecular weight excluding hydrogens is 232 g/mol. The van der Waals surface area contributed by atoms with Crippen LogP contribution in [0.4, 0.5) is 0 Å². The smallest absolute Gasteiger partial charge is 0.0446 e. The topological polar surface area (TPSA) is 15.3 Å². The van der Waals surface area contributed by atoms with E-state index in [1.807, 2.05) is 0 Å². The zero-order valence-corrected chi connectivity index (χ0v) is 13.1. The predicted octanol–water partition coefficient (Wildman–Crippen LogP) is 3.63. The lowest BCUT2D eigenvalue weighted by atomic mass is 10.0. The van der Waals surface area contributed by atoms with Crippen LogP contribution < -0.4 is 5.32 Å². The summed E-state index contributed by atoms with van der Waals surface area (Å²) in [6.45, 7) is 10.2. The Balaban J connectivity index is 2.69. The maximum atomic E-state index is 3.46. The molecule has 1 atom stereocenters. The fourth-order valence-corrected chi connectivity index (χ4v) is 2.53. The molecule has 0 saturated carbocycles. The number of nitrogens with zero attached hydrogens (tertiary/aromatic N) is 1. The second kappa shape index (κ2) is 9.11. The second-order valence-electron chi connectivity index (χ2n) is 5.24. The average molecular weight is 262 g/mol. The second-order valence-corrected chi connectivity index (χ2v) is 5.24. The highest BCUT2D eigenvalue weighted by Crippen LogP contribution is 2.16. The fourth-order valence-electron chi connectivity index (χ4n) is 2.53. The quantitative estimate of drug-likeness (QED) is 0.731. The van der Waals surface area contributed by atoms with E-state index >= 15 is 0 Å². The third kappa shape index (κ3) is 5.33. The molecule has 1 aromatic carbocycles. The van der Waals surface area contributed by atoms with Crippen LogP contribution >= 0.6 is 0 Å². The summed E-state index contributed by atoms with van der Waals surface area (Å²) < 4.78 is 0. The van der Waals surface area contributed by atoms with E-state index in [9.17, 15) is 0 Å². The van der Waals surface area contributed by atoms with Crippen molar-refractivity contribution in [2.75, 3.05) is 26.7 Å². The van der Waals surface area contributed by atoms with Gasteiger partial charge in [-0.15, -0.1) is 0 Å². The Morgan fingerprint density at radius 1 is 1.00 bits per heavy atom. The zero-order chi connectivity index (χ0) is 14.1. The summed E-state index contributed by atoms with van der Waals surface area (Å²) in [5.74, 6) is 0. The first-order valence-electron chi connectivity index (χ1n) is 7.73. The van der Waals surface area contributed by atoms with Gasteiger partial charge in [0.1, 0.15) is 0 Å². The van der Waals surface area contributed by atoms with Gasteiger partial charge >= 0.3 is 0 Å². The van der Waals surface area contributed by atoms with E-state index in [2.05, 4.69) is 62.3 Å². The lowest BCUT2D eigenvalue weighted by Gasteiger charge is -2.27. The molecule has 2 nitrogen and oxygen atoms in total. The minimum atomic E-state index is 0.434. The standard InChI is InChI=1S/C17H30N2/c1-5-12-19(13-6-2)14-17(18-4)16-10-8-15(7-3)9-11-16/h8-11,17-18H,5-7,12-14H2,1-4H3. The van der Waals surface area contributed by atoms with Crippen LogP contribution in [-0.4, -0.2) is 31.6 Å². The van der Waals surface area contributed by atoms with Crippen molar-refractivity contribution in [3.8, 4) is 0 Å². The molecule has 0 spiro atoms. The van der Waals surface area contributed by atoms with Gasteiger partial charge in [-0.25, -0.2) is 0 Å². The molecule has 1 rings (SSSR count). The van der Waals surface area contributed by atoms with Crippen molar-refractivity contribution in [2.45, 2.75) is 46.1 Å². The van der Waals surface area contributed by atoms with Gasteiger partial charge in [-0.2, -0.15) is 0 Å². The van der Waals surface area contributed by atoms with Crippen LogP contribution in [0.25, 0.3) is 0 Å². The van der Waals surface area contributed by atoms with Crippen molar-refractivity contribution in [3.05, 3.63) is 35.4 Å². The third-order valence-corrected chi connectivity index (χ3v) is 3.66. The average Bonchev–Trinajstić information content (AvgIpc) is 2.45. The van der Waals surface area contributed by atoms with E-state index in [4.69, 9.17) is 0 Å². The zero-order valence-electron chi connectivity index (χ0n) is 13.1. The van der Waals surface area contributed by atoms with Crippen LogP contribution in [0, 0.1) is 0 Å². The molecule has 0 saturated heterocycles. The van der Waals surface area contributed by atoms with E-state index in [1.54, 1.807) is 0 Å². The van der Waals surface area contributed by atoms with Crippen LogP contribution in [0.5, 0.6) is 0 Å². The lowest BCUT2D eigenvalue weighted by Crippen LogP contribution is -2.35.